The first-order valence-corrected chi connectivity index (χ1v) is 7.86. The summed E-state index contributed by atoms with van der Waals surface area (Å²) in [4.78, 5) is 38.3. The predicted molar refractivity (Wildman–Crippen MR) is 94.9 cm³/mol. The minimum atomic E-state index is -0.834. The van der Waals surface area contributed by atoms with Gasteiger partial charge in [-0.3, -0.25) is 9.59 Å². The van der Waals surface area contributed by atoms with Crippen LogP contribution >= 0.6 is 11.6 Å². The fourth-order valence-corrected chi connectivity index (χ4v) is 2.52. The van der Waals surface area contributed by atoms with Crippen LogP contribution in [-0.2, 0) is 9.53 Å². The molecule has 0 bridgehead atoms. The van der Waals surface area contributed by atoms with E-state index in [1.54, 1.807) is 24.3 Å². The normalized spacial score (nSPS) is 10.5. The molecule has 0 atom stereocenters. The number of halogens is 2. The first-order chi connectivity index (χ1) is 12.4. The zero-order valence-electron chi connectivity index (χ0n) is 13.2. The Morgan fingerprint density at radius 1 is 1.15 bits per heavy atom. The van der Waals surface area contributed by atoms with Gasteiger partial charge in [0.05, 0.1) is 11.3 Å². The molecule has 2 aromatic carbocycles. The second-order valence-electron chi connectivity index (χ2n) is 5.34. The first kappa shape index (κ1) is 17.6. The van der Waals surface area contributed by atoms with Crippen molar-refractivity contribution in [2.45, 2.75) is 0 Å². The number of fused-ring (bicyclic) bond motifs is 1. The lowest BCUT2D eigenvalue weighted by molar-refractivity contribution is -0.119. The van der Waals surface area contributed by atoms with Gasteiger partial charge in [-0.1, -0.05) is 29.8 Å². The van der Waals surface area contributed by atoms with Gasteiger partial charge in [-0.25, -0.2) is 9.18 Å². The number of pyridine rings is 1. The van der Waals surface area contributed by atoms with Crippen LogP contribution in [0.25, 0.3) is 10.9 Å². The fraction of sp³-hybridized carbons (Fsp3) is 0.0556. The summed E-state index contributed by atoms with van der Waals surface area (Å²) in [6.07, 6.45) is 0. The van der Waals surface area contributed by atoms with Gasteiger partial charge in [0.2, 0.25) is 5.56 Å². The Morgan fingerprint density at radius 2 is 1.92 bits per heavy atom. The van der Waals surface area contributed by atoms with E-state index in [0.717, 1.165) is 12.1 Å². The molecule has 1 amide bonds. The highest BCUT2D eigenvalue weighted by Crippen LogP contribution is 2.19. The predicted octanol–water partition coefficient (Wildman–Crippen LogP) is 3.12. The van der Waals surface area contributed by atoms with Crippen molar-refractivity contribution in [3.63, 3.8) is 0 Å². The van der Waals surface area contributed by atoms with Crippen LogP contribution in [0.3, 0.4) is 0 Å². The molecule has 8 heteroatoms. The van der Waals surface area contributed by atoms with Crippen molar-refractivity contribution in [1.29, 1.82) is 0 Å². The summed E-state index contributed by atoms with van der Waals surface area (Å²) in [7, 11) is 0. The number of hydrogen-bond donors (Lipinski definition) is 2. The number of benzene rings is 2. The SMILES string of the molecule is O=C(COC(=O)c1cc(=O)[nH]c2ccccc12)Nc1ccc(Cl)cc1F. The first-order valence-electron chi connectivity index (χ1n) is 7.48. The van der Waals surface area contributed by atoms with Gasteiger partial charge < -0.3 is 15.0 Å². The molecule has 0 spiro atoms. The molecule has 0 aliphatic carbocycles. The van der Waals surface area contributed by atoms with Gasteiger partial charge in [0.25, 0.3) is 5.91 Å². The zero-order chi connectivity index (χ0) is 18.7. The number of aromatic nitrogens is 1. The van der Waals surface area contributed by atoms with Crippen molar-refractivity contribution in [2.75, 3.05) is 11.9 Å². The summed E-state index contributed by atoms with van der Waals surface area (Å²) in [6, 6.07) is 11.5. The zero-order valence-corrected chi connectivity index (χ0v) is 14.0. The van der Waals surface area contributed by atoms with E-state index >= 15 is 0 Å². The van der Waals surface area contributed by atoms with Crippen LogP contribution in [0.5, 0.6) is 0 Å². The summed E-state index contributed by atoms with van der Waals surface area (Å²) >= 11 is 5.63. The molecular weight excluding hydrogens is 363 g/mol. The molecule has 0 saturated heterocycles. The summed E-state index contributed by atoms with van der Waals surface area (Å²) in [6.45, 7) is -0.637. The molecule has 0 aliphatic rings. The smallest absolute Gasteiger partial charge is 0.339 e. The summed E-state index contributed by atoms with van der Waals surface area (Å²) in [5, 5.41) is 2.95. The Hall–Kier alpha value is -3.19. The maximum absolute atomic E-state index is 13.6. The van der Waals surface area contributed by atoms with Crippen molar-refractivity contribution < 1.29 is 18.7 Å². The molecule has 3 aromatic rings. The molecular formula is C18H12ClFN2O4. The summed E-state index contributed by atoms with van der Waals surface area (Å²) in [5.74, 6) is -2.27. The number of aromatic amines is 1. The molecule has 3 rings (SSSR count). The van der Waals surface area contributed by atoms with E-state index in [0.29, 0.717) is 10.9 Å². The highest BCUT2D eigenvalue weighted by molar-refractivity contribution is 6.30. The molecule has 0 aliphatic heterocycles. The number of anilines is 1. The third-order valence-corrected chi connectivity index (χ3v) is 3.75. The minimum Gasteiger partial charge on any atom is -0.452 e. The van der Waals surface area contributed by atoms with Crippen LogP contribution in [0.2, 0.25) is 5.02 Å². The average molecular weight is 375 g/mol. The molecule has 0 fully saturated rings. The van der Waals surface area contributed by atoms with E-state index < -0.39 is 29.9 Å². The van der Waals surface area contributed by atoms with E-state index in [1.165, 1.54) is 12.1 Å². The van der Waals surface area contributed by atoms with Gasteiger partial charge >= 0.3 is 5.97 Å². The maximum atomic E-state index is 13.6. The van der Waals surface area contributed by atoms with E-state index in [9.17, 15) is 18.8 Å². The largest absolute Gasteiger partial charge is 0.452 e. The van der Waals surface area contributed by atoms with Gasteiger partial charge in [0.15, 0.2) is 6.61 Å². The van der Waals surface area contributed by atoms with Gasteiger partial charge in [0.1, 0.15) is 5.82 Å². The molecule has 6 nitrogen and oxygen atoms in total. The van der Waals surface area contributed by atoms with Crippen LogP contribution in [0.4, 0.5) is 10.1 Å². The molecule has 0 radical (unpaired) electrons. The summed E-state index contributed by atoms with van der Waals surface area (Å²) < 4.78 is 18.6. The molecule has 26 heavy (non-hydrogen) atoms. The van der Waals surface area contributed by atoms with E-state index in [1.807, 2.05) is 0 Å². The van der Waals surface area contributed by atoms with Crippen LogP contribution in [0, 0.1) is 5.82 Å². The van der Waals surface area contributed by atoms with Gasteiger partial charge in [-0.15, -0.1) is 0 Å². The van der Waals surface area contributed by atoms with Crippen molar-refractivity contribution >= 4 is 40.1 Å². The third kappa shape index (κ3) is 3.89. The van der Waals surface area contributed by atoms with E-state index in [-0.39, 0.29) is 16.3 Å². The van der Waals surface area contributed by atoms with Gasteiger partial charge in [-0.05, 0) is 24.3 Å². The van der Waals surface area contributed by atoms with Crippen molar-refractivity contribution in [2.24, 2.45) is 0 Å². The Bertz CT molecular complexity index is 1060. The van der Waals surface area contributed by atoms with E-state index in [4.69, 9.17) is 16.3 Å². The number of nitrogens with one attached hydrogen (secondary N) is 2. The Morgan fingerprint density at radius 3 is 2.69 bits per heavy atom. The number of ether oxygens (including phenoxy) is 1. The number of esters is 1. The quantitative estimate of drug-likeness (QED) is 0.687. The number of rotatable bonds is 4. The van der Waals surface area contributed by atoms with Gasteiger partial charge in [0, 0.05) is 22.0 Å². The fourth-order valence-electron chi connectivity index (χ4n) is 2.36. The third-order valence-electron chi connectivity index (χ3n) is 3.51. The number of carbonyl (C=O) groups is 2. The van der Waals surface area contributed by atoms with Gasteiger partial charge in [-0.2, -0.15) is 0 Å². The molecule has 0 saturated carbocycles. The van der Waals surface area contributed by atoms with Crippen LogP contribution in [0.1, 0.15) is 10.4 Å². The van der Waals surface area contributed by atoms with Crippen molar-refractivity contribution in [1.82, 2.24) is 4.98 Å². The Labute approximate surface area is 151 Å². The number of hydrogen-bond acceptors (Lipinski definition) is 4. The lowest BCUT2D eigenvalue weighted by atomic mass is 10.1. The average Bonchev–Trinajstić information content (AvgIpc) is 2.61. The second-order valence-corrected chi connectivity index (χ2v) is 5.78. The number of H-pyrrole nitrogens is 1. The number of amides is 1. The molecule has 0 unspecified atom stereocenters. The molecule has 2 N–H and O–H groups in total. The Balaban J connectivity index is 1.71. The highest BCUT2D eigenvalue weighted by Gasteiger charge is 2.15. The Kier molecular flexibility index (Phi) is 4.99. The topological polar surface area (TPSA) is 88.3 Å². The standard InChI is InChI=1S/C18H12ClFN2O4/c19-10-5-6-15(13(20)7-10)22-17(24)9-26-18(25)12-8-16(23)21-14-4-2-1-3-11(12)14/h1-8H,9H2,(H,21,23)(H,22,24). The van der Waals surface area contributed by atoms with Crippen molar-refractivity contribution in [3.8, 4) is 0 Å². The van der Waals surface area contributed by atoms with Crippen LogP contribution in [-0.4, -0.2) is 23.5 Å². The lowest BCUT2D eigenvalue weighted by Gasteiger charge is -2.09. The number of para-hydroxylation sites is 1. The molecule has 1 aromatic heterocycles. The highest BCUT2D eigenvalue weighted by atomic mass is 35.5. The maximum Gasteiger partial charge on any atom is 0.339 e. The minimum absolute atomic E-state index is 0.0369. The molecule has 1 heterocycles. The van der Waals surface area contributed by atoms with E-state index in [2.05, 4.69) is 10.3 Å². The lowest BCUT2D eigenvalue weighted by Crippen LogP contribution is -2.22. The van der Waals surface area contributed by atoms with Crippen LogP contribution in [0.15, 0.2) is 53.3 Å². The second kappa shape index (κ2) is 7.37. The monoisotopic (exact) mass is 374 g/mol. The molecule has 132 valence electrons. The van der Waals surface area contributed by atoms with Crippen molar-refractivity contribution in [3.05, 3.63) is 75.3 Å². The van der Waals surface area contributed by atoms with Crippen LogP contribution < -0.4 is 10.9 Å². The summed E-state index contributed by atoms with van der Waals surface area (Å²) in [5.41, 5.74) is -0.0464. The number of carbonyl (C=O) groups excluding carboxylic acids is 2.